The first-order valence-electron chi connectivity index (χ1n) is 8.73. The number of thiazole rings is 1. The maximum absolute atomic E-state index is 11.4. The van der Waals surface area contributed by atoms with Gasteiger partial charge in [0.05, 0.1) is 25.5 Å². The lowest BCUT2D eigenvalue weighted by Crippen LogP contribution is -2.05. The van der Waals surface area contributed by atoms with Crippen LogP contribution in [0.3, 0.4) is 0 Å². The molecule has 0 aliphatic carbocycles. The Hall–Kier alpha value is -3.34. The van der Waals surface area contributed by atoms with Crippen molar-refractivity contribution in [1.29, 1.82) is 5.26 Å². The molecule has 152 valence electrons. The molecule has 0 fully saturated rings. The van der Waals surface area contributed by atoms with Crippen molar-refractivity contribution in [2.45, 2.75) is 6.92 Å². The molecule has 1 aromatic heterocycles. The molecular formula is C22H17ClN2O4S. The number of carbonyl (C=O) groups excluding carboxylic acids is 1. The first-order chi connectivity index (χ1) is 14.4. The number of rotatable bonds is 6. The third kappa shape index (κ3) is 4.79. The molecule has 0 aliphatic heterocycles. The number of hydrogen-bond donors (Lipinski definition) is 0. The van der Waals surface area contributed by atoms with Crippen LogP contribution in [0.2, 0.25) is 5.02 Å². The fourth-order valence-electron chi connectivity index (χ4n) is 2.69. The van der Waals surface area contributed by atoms with Gasteiger partial charge in [-0.25, -0.2) is 4.98 Å². The highest BCUT2D eigenvalue weighted by atomic mass is 35.5. The average Bonchev–Trinajstić information content (AvgIpc) is 3.22. The SMILES string of the molecule is COc1cc(C=C(C#N)c2nc(-c3ccc(Cl)cc3)cs2)cc(OC)c1OC(C)=O. The molecule has 0 aliphatic rings. The van der Waals surface area contributed by atoms with E-state index in [2.05, 4.69) is 11.1 Å². The summed E-state index contributed by atoms with van der Waals surface area (Å²) in [6.45, 7) is 1.29. The molecule has 0 unspecified atom stereocenters. The Balaban J connectivity index is 1.99. The Morgan fingerprint density at radius 3 is 2.33 bits per heavy atom. The number of nitrogens with zero attached hydrogens (tertiary/aromatic N) is 2. The average molecular weight is 441 g/mol. The van der Waals surface area contributed by atoms with Crippen molar-refractivity contribution in [2.24, 2.45) is 0 Å². The van der Waals surface area contributed by atoms with Crippen molar-refractivity contribution in [1.82, 2.24) is 4.98 Å². The van der Waals surface area contributed by atoms with E-state index in [1.54, 1.807) is 30.3 Å². The number of benzene rings is 2. The minimum atomic E-state index is -0.495. The molecule has 1 heterocycles. The Bertz CT molecular complexity index is 1120. The third-order valence-corrected chi connectivity index (χ3v) is 5.16. The molecule has 0 saturated carbocycles. The Labute approximate surface area is 182 Å². The Morgan fingerprint density at radius 2 is 1.80 bits per heavy atom. The van der Waals surface area contributed by atoms with Crippen LogP contribution in [0.5, 0.6) is 17.2 Å². The number of allylic oxidation sites excluding steroid dienone is 1. The normalized spacial score (nSPS) is 11.0. The van der Waals surface area contributed by atoms with Crippen molar-refractivity contribution < 1.29 is 19.0 Å². The fourth-order valence-corrected chi connectivity index (χ4v) is 3.61. The summed E-state index contributed by atoms with van der Waals surface area (Å²) in [6.07, 6.45) is 1.67. The minimum Gasteiger partial charge on any atom is -0.493 e. The van der Waals surface area contributed by atoms with Gasteiger partial charge in [0.2, 0.25) is 5.75 Å². The monoisotopic (exact) mass is 440 g/mol. The van der Waals surface area contributed by atoms with Crippen molar-refractivity contribution in [3.8, 4) is 34.6 Å². The van der Waals surface area contributed by atoms with Crippen molar-refractivity contribution in [3.05, 3.63) is 57.4 Å². The van der Waals surface area contributed by atoms with E-state index < -0.39 is 5.97 Å². The summed E-state index contributed by atoms with van der Waals surface area (Å²) in [5, 5.41) is 12.8. The van der Waals surface area contributed by atoms with E-state index in [0.29, 0.717) is 32.7 Å². The van der Waals surface area contributed by atoms with Gasteiger partial charge in [0, 0.05) is 22.9 Å². The van der Waals surface area contributed by atoms with E-state index in [4.69, 9.17) is 25.8 Å². The summed E-state index contributed by atoms with van der Waals surface area (Å²) >= 11 is 7.30. The molecule has 3 rings (SSSR count). The van der Waals surface area contributed by atoms with Crippen LogP contribution in [0.25, 0.3) is 22.9 Å². The largest absolute Gasteiger partial charge is 0.493 e. The van der Waals surface area contributed by atoms with Gasteiger partial charge in [-0.3, -0.25) is 4.79 Å². The second-order valence-corrected chi connectivity index (χ2v) is 7.36. The van der Waals surface area contributed by atoms with Crippen LogP contribution in [0, 0.1) is 11.3 Å². The van der Waals surface area contributed by atoms with Crippen LogP contribution in [-0.4, -0.2) is 25.2 Å². The molecule has 0 N–H and O–H groups in total. The second-order valence-electron chi connectivity index (χ2n) is 6.06. The molecule has 6 nitrogen and oxygen atoms in total. The standard InChI is InChI=1S/C22H17ClN2O4S/c1-13(26)29-21-19(27-2)9-14(10-20(21)28-3)8-16(11-24)22-25-18(12-30-22)15-4-6-17(23)7-5-15/h4-10,12H,1-3H3. The molecule has 0 spiro atoms. The minimum absolute atomic E-state index is 0.183. The number of carbonyl (C=O) groups is 1. The number of hydrogen-bond acceptors (Lipinski definition) is 7. The topological polar surface area (TPSA) is 81.4 Å². The van der Waals surface area contributed by atoms with Crippen LogP contribution in [0.1, 0.15) is 17.5 Å². The van der Waals surface area contributed by atoms with Crippen molar-refractivity contribution in [3.63, 3.8) is 0 Å². The van der Waals surface area contributed by atoms with Crippen LogP contribution < -0.4 is 14.2 Å². The molecule has 0 atom stereocenters. The maximum atomic E-state index is 11.4. The number of aromatic nitrogens is 1. The van der Waals surface area contributed by atoms with Crippen LogP contribution >= 0.6 is 22.9 Å². The molecule has 0 amide bonds. The highest BCUT2D eigenvalue weighted by Gasteiger charge is 2.17. The second kappa shape index (κ2) is 9.44. The zero-order valence-electron chi connectivity index (χ0n) is 16.4. The molecule has 8 heteroatoms. The number of halogens is 1. The molecule has 3 aromatic rings. The molecule has 30 heavy (non-hydrogen) atoms. The summed E-state index contributed by atoms with van der Waals surface area (Å²) in [4.78, 5) is 16.0. The van der Waals surface area contributed by atoms with Gasteiger partial charge in [-0.15, -0.1) is 11.3 Å². The van der Waals surface area contributed by atoms with Crippen LogP contribution in [0.15, 0.2) is 41.8 Å². The molecule has 2 aromatic carbocycles. The first kappa shape index (κ1) is 21.4. The fraction of sp³-hybridized carbons (Fsp3) is 0.136. The van der Waals surface area contributed by atoms with E-state index in [1.165, 1.54) is 32.5 Å². The van der Waals surface area contributed by atoms with E-state index in [0.717, 1.165) is 11.3 Å². The van der Waals surface area contributed by atoms with E-state index in [-0.39, 0.29) is 5.75 Å². The van der Waals surface area contributed by atoms with E-state index in [1.807, 2.05) is 17.5 Å². The highest BCUT2D eigenvalue weighted by molar-refractivity contribution is 7.11. The zero-order valence-corrected chi connectivity index (χ0v) is 18.0. The van der Waals surface area contributed by atoms with Gasteiger partial charge in [0.15, 0.2) is 11.5 Å². The molecular weight excluding hydrogens is 424 g/mol. The van der Waals surface area contributed by atoms with E-state index in [9.17, 15) is 10.1 Å². The maximum Gasteiger partial charge on any atom is 0.308 e. The molecule has 0 bridgehead atoms. The highest BCUT2D eigenvalue weighted by Crippen LogP contribution is 2.39. The predicted octanol–water partition coefficient (Wildman–Crippen LogP) is 5.47. The van der Waals surface area contributed by atoms with Gasteiger partial charge in [-0.2, -0.15) is 5.26 Å². The predicted molar refractivity (Wildman–Crippen MR) is 117 cm³/mol. The zero-order chi connectivity index (χ0) is 21.7. The first-order valence-corrected chi connectivity index (χ1v) is 9.99. The lowest BCUT2D eigenvalue weighted by Gasteiger charge is -2.13. The van der Waals surface area contributed by atoms with E-state index >= 15 is 0 Å². The van der Waals surface area contributed by atoms with Gasteiger partial charge >= 0.3 is 5.97 Å². The van der Waals surface area contributed by atoms with Crippen molar-refractivity contribution >= 4 is 40.6 Å². The molecule has 0 radical (unpaired) electrons. The quantitative estimate of drug-likeness (QED) is 0.287. The summed E-state index contributed by atoms with van der Waals surface area (Å²) < 4.78 is 15.9. The lowest BCUT2D eigenvalue weighted by molar-refractivity contribution is -0.132. The third-order valence-electron chi connectivity index (χ3n) is 4.03. The number of methoxy groups -OCH3 is 2. The summed E-state index contributed by atoms with van der Waals surface area (Å²) in [5.41, 5.74) is 2.69. The summed E-state index contributed by atoms with van der Waals surface area (Å²) in [7, 11) is 2.92. The van der Waals surface area contributed by atoms with Crippen LogP contribution in [-0.2, 0) is 4.79 Å². The van der Waals surface area contributed by atoms with Gasteiger partial charge < -0.3 is 14.2 Å². The summed E-state index contributed by atoms with van der Waals surface area (Å²) in [5.74, 6) is 0.315. The van der Waals surface area contributed by atoms with Gasteiger partial charge in [-0.1, -0.05) is 23.7 Å². The van der Waals surface area contributed by atoms with Crippen LogP contribution in [0.4, 0.5) is 0 Å². The summed E-state index contributed by atoms with van der Waals surface area (Å²) in [6, 6.07) is 12.8. The molecule has 0 saturated heterocycles. The smallest absolute Gasteiger partial charge is 0.308 e. The number of nitriles is 1. The van der Waals surface area contributed by atoms with Gasteiger partial charge in [0.25, 0.3) is 0 Å². The van der Waals surface area contributed by atoms with Gasteiger partial charge in [-0.05, 0) is 35.9 Å². The van der Waals surface area contributed by atoms with Gasteiger partial charge in [0.1, 0.15) is 11.1 Å². The Kier molecular flexibility index (Phi) is 6.72. The lowest BCUT2D eigenvalue weighted by atomic mass is 10.1. The number of ether oxygens (including phenoxy) is 3. The number of esters is 1. The van der Waals surface area contributed by atoms with Crippen molar-refractivity contribution in [2.75, 3.05) is 14.2 Å². The Morgan fingerprint density at radius 1 is 1.17 bits per heavy atom.